The van der Waals surface area contributed by atoms with Crippen molar-refractivity contribution in [3.8, 4) is 0 Å². The summed E-state index contributed by atoms with van der Waals surface area (Å²) in [4.78, 5) is 25.7. The monoisotopic (exact) mass is 267 g/mol. The number of amides is 1. The Balaban J connectivity index is 2.44. The van der Waals surface area contributed by atoms with Gasteiger partial charge in [-0.25, -0.2) is 4.79 Å². The topological polar surface area (TPSA) is 66.8 Å². The lowest BCUT2D eigenvalue weighted by molar-refractivity contribution is -0.139. The van der Waals surface area contributed by atoms with Crippen molar-refractivity contribution in [1.82, 2.24) is 4.90 Å². The standard InChI is InChI=1S/C12H13NO4S/c1-3-17-12(16)8-9(7-5-4-6-18-7)13(2)11(15)10(8)14/h4-6,9,14H,3H2,1-2H3/t9-/m1/s1. The Labute approximate surface area is 108 Å². The van der Waals surface area contributed by atoms with Crippen molar-refractivity contribution in [2.45, 2.75) is 13.0 Å². The molecule has 1 aromatic rings. The van der Waals surface area contributed by atoms with Crippen LogP contribution in [0.3, 0.4) is 0 Å². The first-order valence-electron chi connectivity index (χ1n) is 5.48. The van der Waals surface area contributed by atoms with Gasteiger partial charge in [0.2, 0.25) is 0 Å². The molecule has 1 N–H and O–H groups in total. The maximum atomic E-state index is 11.8. The fourth-order valence-corrected chi connectivity index (χ4v) is 2.80. The molecule has 2 rings (SSSR count). The Morgan fingerprint density at radius 3 is 2.89 bits per heavy atom. The second kappa shape index (κ2) is 4.81. The highest BCUT2D eigenvalue weighted by Crippen LogP contribution is 2.38. The average Bonchev–Trinajstić information content (AvgIpc) is 2.92. The van der Waals surface area contributed by atoms with Gasteiger partial charge in [0.15, 0.2) is 5.76 Å². The third kappa shape index (κ3) is 1.88. The maximum absolute atomic E-state index is 11.8. The van der Waals surface area contributed by atoms with Gasteiger partial charge in [0, 0.05) is 11.9 Å². The second-order valence-corrected chi connectivity index (χ2v) is 4.80. The number of aliphatic hydroxyl groups excluding tert-OH is 1. The van der Waals surface area contributed by atoms with Gasteiger partial charge in [-0.2, -0.15) is 0 Å². The van der Waals surface area contributed by atoms with Crippen LogP contribution in [-0.2, 0) is 14.3 Å². The molecule has 0 aromatic carbocycles. The third-order valence-corrected chi connectivity index (χ3v) is 3.67. The molecule has 0 saturated heterocycles. The smallest absolute Gasteiger partial charge is 0.340 e. The summed E-state index contributed by atoms with van der Waals surface area (Å²) in [5.41, 5.74) is 0.0202. The molecule has 5 nitrogen and oxygen atoms in total. The van der Waals surface area contributed by atoms with E-state index in [2.05, 4.69) is 0 Å². The Bertz CT molecular complexity index is 506. The summed E-state index contributed by atoms with van der Waals surface area (Å²) in [7, 11) is 1.55. The van der Waals surface area contributed by atoms with Crippen LogP contribution < -0.4 is 0 Å². The number of likely N-dealkylation sites (N-methyl/N-ethyl adjacent to an activating group) is 1. The van der Waals surface area contributed by atoms with Gasteiger partial charge >= 0.3 is 5.97 Å². The predicted octanol–water partition coefficient (Wildman–Crippen LogP) is 1.64. The number of nitrogens with zero attached hydrogens (tertiary/aromatic N) is 1. The summed E-state index contributed by atoms with van der Waals surface area (Å²) in [5.74, 6) is -1.73. The van der Waals surface area contributed by atoms with Crippen LogP contribution in [0.15, 0.2) is 28.8 Å². The van der Waals surface area contributed by atoms with Gasteiger partial charge in [0.1, 0.15) is 11.6 Å². The third-order valence-electron chi connectivity index (χ3n) is 2.75. The van der Waals surface area contributed by atoms with E-state index in [0.717, 1.165) is 4.88 Å². The van der Waals surface area contributed by atoms with Crippen LogP contribution in [0.5, 0.6) is 0 Å². The molecule has 1 aliphatic rings. The van der Waals surface area contributed by atoms with Gasteiger partial charge in [-0.15, -0.1) is 11.3 Å². The molecule has 0 aliphatic carbocycles. The number of carbonyl (C=O) groups is 2. The lowest BCUT2D eigenvalue weighted by atomic mass is 10.1. The van der Waals surface area contributed by atoms with Crippen LogP contribution in [0.25, 0.3) is 0 Å². The molecule has 0 bridgehead atoms. The minimum atomic E-state index is -0.647. The molecule has 2 heterocycles. The first-order chi connectivity index (χ1) is 8.57. The minimum Gasteiger partial charge on any atom is -0.503 e. The molecule has 1 aromatic heterocycles. The Morgan fingerprint density at radius 2 is 2.33 bits per heavy atom. The van der Waals surface area contributed by atoms with Crippen molar-refractivity contribution in [2.24, 2.45) is 0 Å². The van der Waals surface area contributed by atoms with E-state index < -0.39 is 23.7 Å². The van der Waals surface area contributed by atoms with Crippen LogP contribution >= 0.6 is 11.3 Å². The highest BCUT2D eigenvalue weighted by Gasteiger charge is 2.42. The Kier molecular flexibility index (Phi) is 3.38. The van der Waals surface area contributed by atoms with Gasteiger partial charge in [-0.3, -0.25) is 4.79 Å². The summed E-state index contributed by atoms with van der Waals surface area (Å²) in [6.45, 7) is 1.88. The van der Waals surface area contributed by atoms with Crippen molar-refractivity contribution in [3.63, 3.8) is 0 Å². The quantitative estimate of drug-likeness (QED) is 0.845. The summed E-state index contributed by atoms with van der Waals surface area (Å²) in [6, 6.07) is 3.09. The molecule has 0 fully saturated rings. The van der Waals surface area contributed by atoms with E-state index in [0.29, 0.717) is 0 Å². The molecule has 96 valence electrons. The van der Waals surface area contributed by atoms with Gasteiger partial charge < -0.3 is 14.7 Å². The molecule has 0 spiro atoms. The van der Waals surface area contributed by atoms with E-state index in [1.54, 1.807) is 14.0 Å². The van der Waals surface area contributed by atoms with Crippen molar-refractivity contribution in [1.29, 1.82) is 0 Å². The molecule has 0 unspecified atom stereocenters. The number of thiophene rings is 1. The fraction of sp³-hybridized carbons (Fsp3) is 0.333. The van der Waals surface area contributed by atoms with Crippen molar-refractivity contribution < 1.29 is 19.4 Å². The highest BCUT2D eigenvalue weighted by molar-refractivity contribution is 7.10. The van der Waals surface area contributed by atoms with Gasteiger partial charge in [-0.1, -0.05) is 6.07 Å². The zero-order chi connectivity index (χ0) is 13.3. The van der Waals surface area contributed by atoms with Crippen LogP contribution in [0.2, 0.25) is 0 Å². The summed E-state index contributed by atoms with van der Waals surface area (Å²) < 4.78 is 4.89. The molecule has 18 heavy (non-hydrogen) atoms. The number of rotatable bonds is 3. The number of ether oxygens (including phenoxy) is 1. The average molecular weight is 267 g/mol. The van der Waals surface area contributed by atoms with E-state index in [4.69, 9.17) is 4.74 Å². The number of esters is 1. The van der Waals surface area contributed by atoms with Gasteiger partial charge in [0.25, 0.3) is 5.91 Å². The van der Waals surface area contributed by atoms with Crippen LogP contribution in [0.4, 0.5) is 0 Å². The maximum Gasteiger partial charge on any atom is 0.340 e. The summed E-state index contributed by atoms with van der Waals surface area (Å²) >= 11 is 1.42. The van der Waals surface area contributed by atoms with E-state index in [1.165, 1.54) is 16.2 Å². The normalized spacial score (nSPS) is 19.6. The van der Waals surface area contributed by atoms with E-state index in [-0.39, 0.29) is 12.2 Å². The zero-order valence-corrected chi connectivity index (χ0v) is 10.9. The second-order valence-electron chi connectivity index (χ2n) is 3.82. The van der Waals surface area contributed by atoms with Crippen LogP contribution in [0, 0.1) is 0 Å². The van der Waals surface area contributed by atoms with E-state index in [1.807, 2.05) is 17.5 Å². The van der Waals surface area contributed by atoms with Crippen LogP contribution in [-0.4, -0.2) is 35.5 Å². The lowest BCUT2D eigenvalue weighted by Crippen LogP contribution is -2.26. The molecule has 0 saturated carbocycles. The number of hydrogen-bond donors (Lipinski definition) is 1. The van der Waals surface area contributed by atoms with Gasteiger partial charge in [-0.05, 0) is 18.4 Å². The Morgan fingerprint density at radius 1 is 1.61 bits per heavy atom. The summed E-state index contributed by atoms with van der Waals surface area (Å²) in [6.07, 6.45) is 0. The van der Waals surface area contributed by atoms with Gasteiger partial charge in [0.05, 0.1) is 6.61 Å². The molecule has 1 aliphatic heterocycles. The number of carbonyl (C=O) groups excluding carboxylic acids is 2. The number of hydrogen-bond acceptors (Lipinski definition) is 5. The minimum absolute atomic E-state index is 0.0202. The largest absolute Gasteiger partial charge is 0.503 e. The fourth-order valence-electron chi connectivity index (χ4n) is 1.92. The first-order valence-corrected chi connectivity index (χ1v) is 6.36. The molecule has 1 atom stereocenters. The predicted molar refractivity (Wildman–Crippen MR) is 66.1 cm³/mol. The first kappa shape index (κ1) is 12.6. The van der Waals surface area contributed by atoms with E-state index >= 15 is 0 Å². The van der Waals surface area contributed by atoms with E-state index in [9.17, 15) is 14.7 Å². The molecule has 0 radical (unpaired) electrons. The number of aliphatic hydroxyl groups is 1. The molecular weight excluding hydrogens is 254 g/mol. The molecule has 6 heteroatoms. The summed E-state index contributed by atoms with van der Waals surface area (Å²) in [5, 5.41) is 11.6. The van der Waals surface area contributed by atoms with Crippen molar-refractivity contribution in [3.05, 3.63) is 33.7 Å². The molecular formula is C12H13NO4S. The Hall–Kier alpha value is -1.82. The lowest BCUT2D eigenvalue weighted by Gasteiger charge is -2.20. The van der Waals surface area contributed by atoms with Crippen molar-refractivity contribution >= 4 is 23.2 Å². The molecule has 1 amide bonds. The van der Waals surface area contributed by atoms with Crippen LogP contribution in [0.1, 0.15) is 17.8 Å². The van der Waals surface area contributed by atoms with Crippen molar-refractivity contribution in [2.75, 3.05) is 13.7 Å². The zero-order valence-electron chi connectivity index (χ0n) is 10.0. The SMILES string of the molecule is CCOC(=O)C1=C(O)C(=O)N(C)[C@@H]1c1cccs1. The highest BCUT2D eigenvalue weighted by atomic mass is 32.1.